The van der Waals surface area contributed by atoms with Gasteiger partial charge in [0.1, 0.15) is 23.0 Å². The Labute approximate surface area is 275 Å². The van der Waals surface area contributed by atoms with E-state index in [1.54, 1.807) is 14.2 Å². The van der Waals surface area contributed by atoms with Gasteiger partial charge < -0.3 is 18.9 Å². The molecule has 8 rings (SSSR count). The zero-order valence-electron chi connectivity index (χ0n) is 27.2. The van der Waals surface area contributed by atoms with Crippen molar-refractivity contribution in [1.82, 2.24) is 0 Å². The fourth-order valence-electron chi connectivity index (χ4n) is 5.57. The van der Waals surface area contributed by atoms with Gasteiger partial charge in [0, 0.05) is 12.1 Å². The van der Waals surface area contributed by atoms with Gasteiger partial charge in [-0.1, -0.05) is 97.9 Å². The molecule has 46 heavy (non-hydrogen) atoms. The van der Waals surface area contributed by atoms with Gasteiger partial charge in [0.2, 0.25) is 0 Å². The average Bonchev–Trinajstić information content (AvgIpc) is 3.10. The van der Waals surface area contributed by atoms with Crippen molar-refractivity contribution in [2.75, 3.05) is 27.4 Å². The third-order valence-corrected chi connectivity index (χ3v) is 8.22. The van der Waals surface area contributed by atoms with Crippen molar-refractivity contribution in [2.24, 2.45) is 0 Å². The Kier molecular flexibility index (Phi) is 12.5. The second kappa shape index (κ2) is 17.6. The first-order valence-electron chi connectivity index (χ1n) is 16.5. The SMILES string of the molecule is COc1ccccc1C#Cc1cc2c(C#Cc3ccccc3OC)cc1OCCCCCCc1ccc(cc1)CCCCCCO2. The zero-order valence-corrected chi connectivity index (χ0v) is 27.2. The molecule has 0 fully saturated rings. The van der Waals surface area contributed by atoms with E-state index in [0.29, 0.717) is 24.7 Å². The minimum atomic E-state index is 0.609. The van der Waals surface area contributed by atoms with Gasteiger partial charge in [-0.25, -0.2) is 0 Å². The molecule has 4 aliphatic heterocycles. The molecule has 0 saturated heterocycles. The Bertz CT molecular complexity index is 1550. The normalized spacial score (nSPS) is 14.1. The van der Waals surface area contributed by atoms with Gasteiger partial charge in [-0.2, -0.15) is 0 Å². The first-order chi connectivity index (χ1) is 22.7. The first kappa shape index (κ1) is 32.6. The quantitative estimate of drug-likeness (QED) is 0.212. The molecule has 0 radical (unpaired) electrons. The van der Waals surface area contributed by atoms with Crippen LogP contribution in [0.5, 0.6) is 23.0 Å². The maximum absolute atomic E-state index is 6.42. The summed E-state index contributed by atoms with van der Waals surface area (Å²) < 4.78 is 23.9. The van der Waals surface area contributed by atoms with E-state index in [1.807, 2.05) is 60.7 Å². The summed E-state index contributed by atoms with van der Waals surface area (Å²) in [4.78, 5) is 0. The molecule has 4 nitrogen and oxygen atoms in total. The van der Waals surface area contributed by atoms with Crippen molar-refractivity contribution in [1.29, 1.82) is 0 Å². The summed E-state index contributed by atoms with van der Waals surface area (Å²) in [5, 5.41) is 0. The van der Waals surface area contributed by atoms with Crippen molar-refractivity contribution < 1.29 is 18.9 Å². The highest BCUT2D eigenvalue weighted by atomic mass is 16.5. The van der Waals surface area contributed by atoms with E-state index in [-0.39, 0.29) is 0 Å². The highest BCUT2D eigenvalue weighted by molar-refractivity contribution is 5.62. The number of hydrogen-bond donors (Lipinski definition) is 0. The summed E-state index contributed by atoms with van der Waals surface area (Å²) in [6, 6.07) is 28.8. The molecule has 4 heteroatoms. The van der Waals surface area contributed by atoms with E-state index >= 15 is 0 Å². The monoisotopic (exact) mass is 612 g/mol. The van der Waals surface area contributed by atoms with Gasteiger partial charge in [0.15, 0.2) is 0 Å². The Hall–Kier alpha value is -4.80. The van der Waals surface area contributed by atoms with Crippen molar-refractivity contribution in [3.63, 3.8) is 0 Å². The minimum absolute atomic E-state index is 0.609. The summed E-state index contributed by atoms with van der Waals surface area (Å²) >= 11 is 0. The van der Waals surface area contributed by atoms with Gasteiger partial charge in [-0.05, 0) is 73.9 Å². The van der Waals surface area contributed by atoms with Gasteiger partial charge in [0.05, 0.1) is 49.7 Å². The number of aryl methyl sites for hydroxylation is 2. The molecule has 4 aromatic carbocycles. The van der Waals surface area contributed by atoms with E-state index in [2.05, 4.69) is 47.9 Å². The van der Waals surface area contributed by atoms with E-state index in [1.165, 1.54) is 36.8 Å². The second-order valence-electron chi connectivity index (χ2n) is 11.6. The number of rotatable bonds is 2. The lowest BCUT2D eigenvalue weighted by molar-refractivity contribution is 0.295. The van der Waals surface area contributed by atoms with Gasteiger partial charge >= 0.3 is 0 Å². The van der Waals surface area contributed by atoms with Gasteiger partial charge in [-0.3, -0.25) is 0 Å². The Balaban J connectivity index is 1.45. The Morgan fingerprint density at radius 2 is 0.848 bits per heavy atom. The molecule has 0 aliphatic carbocycles. The molecule has 0 N–H and O–H groups in total. The molecule has 0 spiro atoms. The topological polar surface area (TPSA) is 36.9 Å². The smallest absolute Gasteiger partial charge is 0.136 e. The number of ether oxygens (including phenoxy) is 4. The van der Waals surface area contributed by atoms with Crippen LogP contribution >= 0.6 is 0 Å². The molecule has 4 aromatic rings. The Morgan fingerprint density at radius 3 is 1.28 bits per heavy atom. The lowest BCUT2D eigenvalue weighted by atomic mass is 10.0. The standard InChI is InChI=1S/C42H44O4/c1-43-39-19-11-9-17-35(39)25-27-37-31-42-38(28-26-36-18-10-12-20-40(36)44-2)32-41(37)45-29-13-5-3-7-15-33-21-23-34(24-22-33)16-8-4-6-14-30-46-42/h9-12,17-24,31-32H,3-8,13-16,29-30H2,1-2H3. The lowest BCUT2D eigenvalue weighted by Gasteiger charge is -2.14. The number of hydrogen-bond acceptors (Lipinski definition) is 4. The van der Waals surface area contributed by atoms with Crippen molar-refractivity contribution in [3.05, 3.63) is 118 Å². The first-order valence-corrected chi connectivity index (χ1v) is 16.5. The Morgan fingerprint density at radius 1 is 0.457 bits per heavy atom. The molecular weight excluding hydrogens is 568 g/mol. The molecule has 0 unspecified atom stereocenters. The van der Waals surface area contributed by atoms with Crippen molar-refractivity contribution in [2.45, 2.75) is 64.2 Å². The van der Waals surface area contributed by atoms with Crippen LogP contribution in [-0.4, -0.2) is 27.4 Å². The van der Waals surface area contributed by atoms with Gasteiger partial charge in [0.25, 0.3) is 0 Å². The number of para-hydroxylation sites is 2. The van der Waals surface area contributed by atoms with Crippen molar-refractivity contribution in [3.8, 4) is 46.7 Å². The molecule has 0 saturated carbocycles. The molecule has 236 valence electrons. The summed E-state index contributed by atoms with van der Waals surface area (Å²) in [6.07, 6.45) is 11.1. The molecule has 4 bridgehead atoms. The zero-order chi connectivity index (χ0) is 31.8. The van der Waals surface area contributed by atoms with Crippen LogP contribution < -0.4 is 18.9 Å². The van der Waals surface area contributed by atoms with Crippen LogP contribution in [-0.2, 0) is 12.8 Å². The average molecular weight is 613 g/mol. The third kappa shape index (κ3) is 9.60. The lowest BCUT2D eigenvalue weighted by Crippen LogP contribution is -2.04. The fraction of sp³-hybridized carbons (Fsp3) is 0.333. The molecule has 0 atom stereocenters. The maximum atomic E-state index is 6.42. The number of benzene rings is 4. The summed E-state index contributed by atoms with van der Waals surface area (Å²) in [7, 11) is 3.33. The highest BCUT2D eigenvalue weighted by Crippen LogP contribution is 2.30. The predicted molar refractivity (Wildman–Crippen MR) is 186 cm³/mol. The molecule has 0 aromatic heterocycles. The van der Waals surface area contributed by atoms with E-state index in [4.69, 9.17) is 18.9 Å². The van der Waals surface area contributed by atoms with Crippen LogP contribution in [0, 0.1) is 23.7 Å². The third-order valence-electron chi connectivity index (χ3n) is 8.22. The molecule has 4 heterocycles. The van der Waals surface area contributed by atoms with Crippen LogP contribution in [0.2, 0.25) is 0 Å². The largest absolute Gasteiger partial charge is 0.495 e. The molecule has 4 aliphatic rings. The van der Waals surface area contributed by atoms with E-state index < -0.39 is 0 Å². The van der Waals surface area contributed by atoms with Gasteiger partial charge in [-0.15, -0.1) is 0 Å². The van der Waals surface area contributed by atoms with Crippen LogP contribution in [0.25, 0.3) is 0 Å². The van der Waals surface area contributed by atoms with Crippen molar-refractivity contribution >= 4 is 0 Å². The van der Waals surface area contributed by atoms with Crippen LogP contribution in [0.3, 0.4) is 0 Å². The fourth-order valence-corrected chi connectivity index (χ4v) is 5.57. The van der Waals surface area contributed by atoms with Crippen LogP contribution in [0.15, 0.2) is 84.9 Å². The molecular formula is C42H44O4. The number of methoxy groups -OCH3 is 2. The summed E-state index contributed by atoms with van der Waals surface area (Å²) in [5.74, 6) is 16.2. The second-order valence-corrected chi connectivity index (χ2v) is 11.6. The summed E-state index contributed by atoms with van der Waals surface area (Å²) in [6.45, 7) is 1.22. The highest BCUT2D eigenvalue weighted by Gasteiger charge is 2.12. The summed E-state index contributed by atoms with van der Waals surface area (Å²) in [5.41, 5.74) is 6.05. The minimum Gasteiger partial charge on any atom is -0.495 e. The predicted octanol–water partition coefficient (Wildman–Crippen LogP) is 9.18. The van der Waals surface area contributed by atoms with E-state index in [0.717, 1.165) is 72.3 Å². The van der Waals surface area contributed by atoms with Crippen LogP contribution in [0.4, 0.5) is 0 Å². The molecule has 0 amide bonds. The maximum Gasteiger partial charge on any atom is 0.136 e. The van der Waals surface area contributed by atoms with Crippen LogP contribution in [0.1, 0.15) is 84.7 Å². The van der Waals surface area contributed by atoms with E-state index in [9.17, 15) is 0 Å².